The van der Waals surface area contributed by atoms with Crippen molar-refractivity contribution in [2.24, 2.45) is 5.92 Å². The van der Waals surface area contributed by atoms with E-state index < -0.39 is 0 Å². The van der Waals surface area contributed by atoms with Crippen LogP contribution in [0, 0.1) is 5.92 Å². The zero-order valence-electron chi connectivity index (χ0n) is 11.8. The van der Waals surface area contributed by atoms with E-state index in [-0.39, 0.29) is 30.6 Å². The molecule has 108 valence electrons. The lowest BCUT2D eigenvalue weighted by atomic mass is 9.91. The van der Waals surface area contributed by atoms with Gasteiger partial charge in [0.2, 0.25) is 5.91 Å². The first-order valence-corrected chi connectivity index (χ1v) is 7.04. The molecule has 1 fully saturated rings. The first-order valence-electron chi connectivity index (χ1n) is 7.04. The second kappa shape index (κ2) is 7.92. The molecule has 0 aromatic rings. The molecule has 1 heterocycles. The highest BCUT2D eigenvalue weighted by atomic mass is 16.5. The Morgan fingerprint density at radius 3 is 2.26 bits per heavy atom. The van der Waals surface area contributed by atoms with Gasteiger partial charge in [-0.15, -0.1) is 0 Å². The summed E-state index contributed by atoms with van der Waals surface area (Å²) in [5, 5.41) is 0. The van der Waals surface area contributed by atoms with Crippen molar-refractivity contribution >= 4 is 17.7 Å². The molecule has 0 atom stereocenters. The summed E-state index contributed by atoms with van der Waals surface area (Å²) in [5.41, 5.74) is 0. The highest BCUT2D eigenvalue weighted by molar-refractivity contribution is 5.83. The molecule has 19 heavy (non-hydrogen) atoms. The SMILES string of the molecule is CCOC(=O)CCC(=O)N1CCC(C(=O)CC)CC1. The van der Waals surface area contributed by atoms with Crippen molar-refractivity contribution < 1.29 is 19.1 Å². The molecular weight excluding hydrogens is 246 g/mol. The lowest BCUT2D eigenvalue weighted by Crippen LogP contribution is -2.40. The molecule has 0 aromatic heterocycles. The van der Waals surface area contributed by atoms with Crippen LogP contribution in [0.3, 0.4) is 0 Å². The van der Waals surface area contributed by atoms with Gasteiger partial charge >= 0.3 is 5.97 Å². The number of likely N-dealkylation sites (tertiary alicyclic amines) is 1. The van der Waals surface area contributed by atoms with E-state index in [2.05, 4.69) is 0 Å². The van der Waals surface area contributed by atoms with Gasteiger partial charge in [0.05, 0.1) is 13.0 Å². The summed E-state index contributed by atoms with van der Waals surface area (Å²) in [6.07, 6.45) is 2.41. The average Bonchev–Trinajstić information content (AvgIpc) is 2.44. The molecule has 0 N–H and O–H groups in total. The number of hydrogen-bond acceptors (Lipinski definition) is 4. The molecule has 0 aromatic carbocycles. The molecule has 0 bridgehead atoms. The predicted molar refractivity (Wildman–Crippen MR) is 70.5 cm³/mol. The van der Waals surface area contributed by atoms with Gasteiger partial charge in [-0.1, -0.05) is 6.92 Å². The van der Waals surface area contributed by atoms with Gasteiger partial charge in [-0.2, -0.15) is 0 Å². The summed E-state index contributed by atoms with van der Waals surface area (Å²) in [6, 6.07) is 0. The summed E-state index contributed by atoms with van der Waals surface area (Å²) in [7, 11) is 0. The van der Waals surface area contributed by atoms with Crippen LogP contribution >= 0.6 is 0 Å². The van der Waals surface area contributed by atoms with Crippen LogP contribution in [-0.2, 0) is 19.1 Å². The average molecular weight is 269 g/mol. The van der Waals surface area contributed by atoms with Gasteiger partial charge in [0.25, 0.3) is 0 Å². The Bertz CT molecular complexity index is 332. The molecule has 5 heteroatoms. The van der Waals surface area contributed by atoms with E-state index in [9.17, 15) is 14.4 Å². The lowest BCUT2D eigenvalue weighted by molar-refractivity contribution is -0.146. The number of rotatable bonds is 6. The molecule has 0 spiro atoms. The van der Waals surface area contributed by atoms with E-state index in [4.69, 9.17) is 4.74 Å². The minimum Gasteiger partial charge on any atom is -0.466 e. The summed E-state index contributed by atoms with van der Waals surface area (Å²) >= 11 is 0. The highest BCUT2D eigenvalue weighted by Crippen LogP contribution is 2.20. The van der Waals surface area contributed by atoms with Crippen molar-refractivity contribution in [1.29, 1.82) is 0 Å². The fourth-order valence-corrected chi connectivity index (χ4v) is 2.34. The van der Waals surface area contributed by atoms with Crippen LogP contribution in [0.5, 0.6) is 0 Å². The number of carbonyl (C=O) groups excluding carboxylic acids is 3. The third kappa shape index (κ3) is 5.01. The van der Waals surface area contributed by atoms with Crippen molar-refractivity contribution in [2.45, 2.75) is 46.0 Å². The topological polar surface area (TPSA) is 63.7 Å². The quantitative estimate of drug-likeness (QED) is 0.686. The van der Waals surface area contributed by atoms with Crippen LogP contribution < -0.4 is 0 Å². The largest absolute Gasteiger partial charge is 0.466 e. The van der Waals surface area contributed by atoms with Gasteiger partial charge < -0.3 is 9.64 Å². The molecule has 1 saturated heterocycles. The standard InChI is InChI=1S/C14H23NO4/c1-3-12(16)11-7-9-15(10-8-11)13(17)5-6-14(18)19-4-2/h11H,3-10H2,1-2H3. The number of Topliss-reactive ketones (excluding diaryl/α,β-unsaturated/α-hetero) is 1. The van der Waals surface area contributed by atoms with Crippen molar-refractivity contribution in [3.8, 4) is 0 Å². The molecule has 1 amide bonds. The van der Waals surface area contributed by atoms with Crippen LogP contribution in [0.2, 0.25) is 0 Å². The Labute approximate surface area is 114 Å². The van der Waals surface area contributed by atoms with E-state index in [1.807, 2.05) is 6.92 Å². The van der Waals surface area contributed by atoms with Gasteiger partial charge in [-0.3, -0.25) is 14.4 Å². The molecule has 5 nitrogen and oxygen atoms in total. The molecule has 1 aliphatic heterocycles. The third-order valence-electron chi connectivity index (χ3n) is 3.50. The summed E-state index contributed by atoms with van der Waals surface area (Å²) in [5.74, 6) is 0.0556. The first kappa shape index (κ1) is 15.7. The van der Waals surface area contributed by atoms with Gasteiger partial charge in [0, 0.05) is 31.8 Å². The summed E-state index contributed by atoms with van der Waals surface area (Å²) in [4.78, 5) is 36.4. The second-order valence-electron chi connectivity index (χ2n) is 4.78. The van der Waals surface area contributed by atoms with Crippen molar-refractivity contribution in [3.63, 3.8) is 0 Å². The fourth-order valence-electron chi connectivity index (χ4n) is 2.34. The molecule has 1 rings (SSSR count). The third-order valence-corrected chi connectivity index (χ3v) is 3.50. The monoisotopic (exact) mass is 269 g/mol. The molecule has 0 saturated carbocycles. The fraction of sp³-hybridized carbons (Fsp3) is 0.786. The molecular formula is C14H23NO4. The first-order chi connectivity index (χ1) is 9.08. The summed E-state index contributed by atoms with van der Waals surface area (Å²) in [6.45, 7) is 5.21. The maximum atomic E-state index is 11.9. The Kier molecular flexibility index (Phi) is 6.53. The van der Waals surface area contributed by atoms with Crippen molar-refractivity contribution in [1.82, 2.24) is 4.90 Å². The number of ether oxygens (including phenoxy) is 1. The Hall–Kier alpha value is -1.39. The number of piperidine rings is 1. The lowest BCUT2D eigenvalue weighted by Gasteiger charge is -2.31. The zero-order valence-corrected chi connectivity index (χ0v) is 11.8. The van der Waals surface area contributed by atoms with E-state index in [1.54, 1.807) is 11.8 Å². The number of nitrogens with zero attached hydrogens (tertiary/aromatic N) is 1. The van der Waals surface area contributed by atoms with Gasteiger partial charge in [-0.05, 0) is 19.8 Å². The Morgan fingerprint density at radius 1 is 1.11 bits per heavy atom. The van der Waals surface area contributed by atoms with Gasteiger partial charge in [0.15, 0.2) is 0 Å². The summed E-state index contributed by atoms with van der Waals surface area (Å²) < 4.78 is 4.79. The molecule has 1 aliphatic rings. The smallest absolute Gasteiger partial charge is 0.306 e. The Morgan fingerprint density at radius 2 is 1.74 bits per heavy atom. The van der Waals surface area contributed by atoms with E-state index in [0.717, 1.165) is 12.8 Å². The van der Waals surface area contributed by atoms with E-state index >= 15 is 0 Å². The van der Waals surface area contributed by atoms with Gasteiger partial charge in [0.1, 0.15) is 5.78 Å². The minimum atomic E-state index is -0.327. The number of esters is 1. The minimum absolute atomic E-state index is 0.0181. The molecule has 0 radical (unpaired) electrons. The van der Waals surface area contributed by atoms with Gasteiger partial charge in [-0.25, -0.2) is 0 Å². The Balaban J connectivity index is 2.29. The predicted octanol–water partition coefficient (Wildman–Crippen LogP) is 1.55. The number of ketones is 1. The number of hydrogen-bond donors (Lipinski definition) is 0. The zero-order chi connectivity index (χ0) is 14.3. The number of carbonyl (C=O) groups is 3. The highest BCUT2D eigenvalue weighted by Gasteiger charge is 2.26. The van der Waals surface area contributed by atoms with Crippen molar-refractivity contribution in [3.05, 3.63) is 0 Å². The maximum absolute atomic E-state index is 11.9. The van der Waals surface area contributed by atoms with Crippen LogP contribution in [0.1, 0.15) is 46.0 Å². The van der Waals surface area contributed by atoms with Crippen LogP contribution in [-0.4, -0.2) is 42.3 Å². The second-order valence-corrected chi connectivity index (χ2v) is 4.78. The van der Waals surface area contributed by atoms with Crippen LogP contribution in [0.25, 0.3) is 0 Å². The van der Waals surface area contributed by atoms with E-state index in [0.29, 0.717) is 31.9 Å². The van der Waals surface area contributed by atoms with E-state index in [1.165, 1.54) is 0 Å². The van der Waals surface area contributed by atoms with Crippen LogP contribution in [0.4, 0.5) is 0 Å². The molecule has 0 unspecified atom stereocenters. The van der Waals surface area contributed by atoms with Crippen LogP contribution in [0.15, 0.2) is 0 Å². The number of amides is 1. The molecule has 0 aliphatic carbocycles. The normalized spacial score (nSPS) is 16.2. The van der Waals surface area contributed by atoms with Crippen molar-refractivity contribution in [2.75, 3.05) is 19.7 Å². The maximum Gasteiger partial charge on any atom is 0.306 e.